The second-order valence-electron chi connectivity index (χ2n) is 18.4. The van der Waals surface area contributed by atoms with E-state index in [1.54, 1.807) is 0 Å². The van der Waals surface area contributed by atoms with Crippen LogP contribution in [0.15, 0.2) is 152 Å². The van der Waals surface area contributed by atoms with E-state index in [0.717, 1.165) is 11.4 Å². The van der Waals surface area contributed by atoms with Crippen molar-refractivity contribution in [1.82, 2.24) is 0 Å². The minimum absolute atomic E-state index is 0.0154. The monoisotopic (exact) mass is 703 g/mol. The highest BCUT2D eigenvalue weighted by molar-refractivity contribution is 6.07. The van der Waals surface area contributed by atoms with E-state index in [9.17, 15) is 0 Å². The number of rotatable bonds is 5. The van der Waals surface area contributed by atoms with Gasteiger partial charge in [0.05, 0.1) is 5.41 Å². The van der Waals surface area contributed by atoms with Gasteiger partial charge in [0, 0.05) is 11.4 Å². The van der Waals surface area contributed by atoms with Gasteiger partial charge in [0.25, 0.3) is 0 Å². The Morgan fingerprint density at radius 3 is 1.48 bits per heavy atom. The van der Waals surface area contributed by atoms with E-state index in [-0.39, 0.29) is 16.2 Å². The second kappa shape index (κ2) is 12.9. The summed E-state index contributed by atoms with van der Waals surface area (Å²) in [4.78, 5) is 0. The van der Waals surface area contributed by atoms with Crippen molar-refractivity contribution in [2.24, 2.45) is 0 Å². The lowest BCUT2D eigenvalue weighted by molar-refractivity contribution is 0.569. The van der Waals surface area contributed by atoms with E-state index in [4.69, 9.17) is 0 Å². The number of nitrogens with one attached hydrogen (secondary N) is 1. The van der Waals surface area contributed by atoms with Gasteiger partial charge in [0.2, 0.25) is 0 Å². The first-order valence-corrected chi connectivity index (χ1v) is 19.5. The number of hydrogen-bond donors (Lipinski definition) is 1. The van der Waals surface area contributed by atoms with E-state index in [2.05, 4.69) is 219 Å². The molecule has 1 nitrogen and oxygen atoms in total. The molecule has 0 fully saturated rings. The molecule has 0 atom stereocenters. The number of hydrogen-bond acceptors (Lipinski definition) is 1. The van der Waals surface area contributed by atoms with E-state index >= 15 is 0 Å². The fraction of sp³-hybridized carbons (Fsp3) is 0.245. The minimum Gasteiger partial charge on any atom is -0.356 e. The molecular weight excluding hydrogens is 651 g/mol. The van der Waals surface area contributed by atoms with Crippen LogP contribution in [0.1, 0.15) is 101 Å². The van der Waals surface area contributed by atoms with Crippen molar-refractivity contribution in [2.45, 2.75) is 84.0 Å². The third kappa shape index (κ3) is 6.14. The van der Waals surface area contributed by atoms with Gasteiger partial charge in [-0.1, -0.05) is 178 Å². The summed E-state index contributed by atoms with van der Waals surface area (Å²) in [6, 6.07) is 57.4. The van der Waals surface area contributed by atoms with E-state index in [0.29, 0.717) is 0 Å². The van der Waals surface area contributed by atoms with Gasteiger partial charge in [0.15, 0.2) is 0 Å². The van der Waals surface area contributed by atoms with Crippen LogP contribution < -0.4 is 5.32 Å². The smallest absolute Gasteiger partial charge is 0.0714 e. The van der Waals surface area contributed by atoms with Crippen LogP contribution in [0.5, 0.6) is 0 Å². The van der Waals surface area contributed by atoms with Gasteiger partial charge in [-0.2, -0.15) is 0 Å². The van der Waals surface area contributed by atoms with Gasteiger partial charge < -0.3 is 5.32 Å². The molecule has 0 saturated carbocycles. The van der Waals surface area contributed by atoms with Crippen molar-refractivity contribution in [3.8, 4) is 22.3 Å². The topological polar surface area (TPSA) is 12.0 Å². The van der Waals surface area contributed by atoms with Gasteiger partial charge >= 0.3 is 0 Å². The number of benzene rings is 7. The highest BCUT2D eigenvalue weighted by atomic mass is 14.9. The van der Waals surface area contributed by atoms with Crippen molar-refractivity contribution in [2.75, 3.05) is 5.32 Å². The summed E-state index contributed by atoms with van der Waals surface area (Å²) in [7, 11) is 0. The maximum Gasteiger partial charge on any atom is 0.0714 e. The molecule has 7 aromatic carbocycles. The van der Waals surface area contributed by atoms with Gasteiger partial charge in [-0.15, -0.1) is 0 Å². The molecule has 7 aromatic rings. The van der Waals surface area contributed by atoms with Crippen LogP contribution in [0, 0.1) is 0 Å². The summed E-state index contributed by atoms with van der Waals surface area (Å²) in [6.07, 6.45) is 0. The molecule has 54 heavy (non-hydrogen) atoms. The molecule has 270 valence electrons. The zero-order valence-electron chi connectivity index (χ0n) is 33.4. The zero-order valence-corrected chi connectivity index (χ0v) is 33.4. The van der Waals surface area contributed by atoms with Crippen LogP contribution in [0.2, 0.25) is 0 Å². The van der Waals surface area contributed by atoms with Crippen LogP contribution in [0.3, 0.4) is 0 Å². The molecule has 1 N–H and O–H groups in total. The van der Waals surface area contributed by atoms with Crippen molar-refractivity contribution in [3.05, 3.63) is 191 Å². The van der Waals surface area contributed by atoms with Crippen LogP contribution >= 0.6 is 0 Å². The lowest BCUT2D eigenvalue weighted by Gasteiger charge is -2.42. The highest BCUT2D eigenvalue weighted by Crippen LogP contribution is 2.56. The first-order valence-electron chi connectivity index (χ1n) is 19.5. The SMILES string of the molecule is CC(C)(C)c1ccc(Nc2ccc3c(c2)C(c2ccccc2)(c2ccccc2)c2cc(-c4cc(C(C)(C)C)cc(C(C)(C)C)c4)cc4cccc-3c24)cc1. The Morgan fingerprint density at radius 2 is 0.926 bits per heavy atom. The summed E-state index contributed by atoms with van der Waals surface area (Å²) < 4.78 is 0. The third-order valence-corrected chi connectivity index (χ3v) is 11.5. The summed E-state index contributed by atoms with van der Waals surface area (Å²) in [5.41, 5.74) is 16.0. The average Bonchev–Trinajstić information content (AvgIpc) is 3.15. The van der Waals surface area contributed by atoms with Crippen molar-refractivity contribution in [1.29, 1.82) is 0 Å². The van der Waals surface area contributed by atoms with Gasteiger partial charge in [-0.3, -0.25) is 0 Å². The molecule has 0 bridgehead atoms. The third-order valence-electron chi connectivity index (χ3n) is 11.5. The molecule has 0 saturated heterocycles. The van der Waals surface area contributed by atoms with E-state index in [1.807, 2.05) is 0 Å². The van der Waals surface area contributed by atoms with Gasteiger partial charge in [0.1, 0.15) is 0 Å². The van der Waals surface area contributed by atoms with Crippen molar-refractivity contribution < 1.29 is 0 Å². The molecule has 0 unspecified atom stereocenters. The Morgan fingerprint density at radius 1 is 0.389 bits per heavy atom. The maximum atomic E-state index is 3.80. The predicted molar refractivity (Wildman–Crippen MR) is 233 cm³/mol. The summed E-state index contributed by atoms with van der Waals surface area (Å²) in [5.74, 6) is 0. The zero-order chi connectivity index (χ0) is 38.0. The molecule has 0 aromatic heterocycles. The standard InChI is InChI=1S/C53H53N/c1-50(2,3)38-23-25-43(26-24-38)54-44-27-28-45-46-22-16-17-35-29-36(37-30-41(51(4,5)6)33-42(31-37)52(7,8)9)32-48(49(35)46)53(47(45)34-44,39-18-12-10-13-19-39)40-20-14-11-15-21-40/h10-34,54H,1-9H3. The van der Waals surface area contributed by atoms with Crippen molar-refractivity contribution in [3.63, 3.8) is 0 Å². The quantitative estimate of drug-likeness (QED) is 0.188. The summed E-state index contributed by atoms with van der Waals surface area (Å²) >= 11 is 0. The predicted octanol–water partition coefficient (Wildman–Crippen LogP) is 14.5. The molecule has 1 aliphatic rings. The molecule has 0 radical (unpaired) electrons. The van der Waals surface area contributed by atoms with Crippen LogP contribution in [0.4, 0.5) is 11.4 Å². The fourth-order valence-electron chi connectivity index (χ4n) is 8.47. The fourth-order valence-corrected chi connectivity index (χ4v) is 8.47. The van der Waals surface area contributed by atoms with E-state index < -0.39 is 5.41 Å². The molecule has 1 heteroatoms. The molecule has 0 aliphatic heterocycles. The Balaban J connectivity index is 1.44. The molecular formula is C53H53N. The average molecular weight is 704 g/mol. The van der Waals surface area contributed by atoms with E-state index in [1.165, 1.54) is 72.0 Å². The second-order valence-corrected chi connectivity index (χ2v) is 18.4. The van der Waals surface area contributed by atoms with Gasteiger partial charge in [-0.05, 0) is 125 Å². The largest absolute Gasteiger partial charge is 0.356 e. The maximum absolute atomic E-state index is 3.80. The first kappa shape index (κ1) is 35.6. The Bertz CT molecular complexity index is 2410. The molecule has 8 rings (SSSR count). The van der Waals surface area contributed by atoms with Crippen LogP contribution in [-0.4, -0.2) is 0 Å². The lowest BCUT2D eigenvalue weighted by atomic mass is 9.59. The van der Waals surface area contributed by atoms with Crippen LogP contribution in [-0.2, 0) is 21.7 Å². The Hall–Kier alpha value is -5.40. The lowest BCUT2D eigenvalue weighted by Crippen LogP contribution is -2.34. The number of anilines is 2. The Kier molecular flexibility index (Phi) is 8.49. The minimum atomic E-state index is -0.581. The molecule has 0 spiro atoms. The summed E-state index contributed by atoms with van der Waals surface area (Å²) in [5, 5.41) is 6.39. The number of fused-ring (bicyclic) bond motifs is 2. The first-order chi connectivity index (χ1) is 25.6. The summed E-state index contributed by atoms with van der Waals surface area (Å²) in [6.45, 7) is 20.7. The highest BCUT2D eigenvalue weighted by Gasteiger charge is 2.44. The molecule has 0 amide bonds. The normalized spacial score (nSPS) is 13.8. The molecule has 1 aliphatic carbocycles. The van der Waals surface area contributed by atoms with Crippen LogP contribution in [0.25, 0.3) is 33.0 Å². The Labute approximate surface area is 323 Å². The van der Waals surface area contributed by atoms with Gasteiger partial charge in [-0.25, -0.2) is 0 Å². The molecule has 0 heterocycles. The van der Waals surface area contributed by atoms with Crippen molar-refractivity contribution >= 4 is 22.1 Å².